The zero-order chi connectivity index (χ0) is 17.7. The predicted molar refractivity (Wildman–Crippen MR) is 116 cm³/mol. The van der Waals surface area contributed by atoms with Crippen molar-refractivity contribution in [2.75, 3.05) is 13.3 Å². The van der Waals surface area contributed by atoms with Crippen LogP contribution in [0.2, 0.25) is 78.6 Å². The molecule has 0 unspecified atom stereocenters. The first-order valence-corrected chi connectivity index (χ1v) is 24.6. The van der Waals surface area contributed by atoms with Crippen LogP contribution >= 0.6 is 7.56 Å². The molecule has 0 aliphatic heterocycles. The maximum Gasteiger partial charge on any atom is 0.155 e. The van der Waals surface area contributed by atoms with Crippen LogP contribution in [0.4, 0.5) is 0 Å². The van der Waals surface area contributed by atoms with E-state index in [0.717, 1.165) is 0 Å². The summed E-state index contributed by atoms with van der Waals surface area (Å²) >= 11 is 0. The van der Waals surface area contributed by atoms with Crippen molar-refractivity contribution >= 4 is 40.5 Å². The van der Waals surface area contributed by atoms with E-state index < -0.39 is 40.5 Å². The quantitative estimate of drug-likeness (QED) is 0.409. The largest absolute Gasteiger partial charge is 0.216 e. The number of nitrogens with zero attached hydrogens (tertiary/aromatic N) is 2. The van der Waals surface area contributed by atoms with Crippen molar-refractivity contribution in [1.82, 2.24) is 8.00 Å². The number of rotatable bonds is 6. The average Bonchev–Trinajstić information content (AvgIpc) is 1.84. The lowest BCUT2D eigenvalue weighted by Crippen LogP contribution is -2.66. The summed E-state index contributed by atoms with van der Waals surface area (Å²) in [6.07, 6.45) is 0. The van der Waals surface area contributed by atoms with Crippen LogP contribution < -0.4 is 0 Å². The van der Waals surface area contributed by atoms with Crippen LogP contribution in [-0.2, 0) is 0 Å². The highest BCUT2D eigenvalue weighted by Crippen LogP contribution is 2.65. The van der Waals surface area contributed by atoms with Crippen molar-refractivity contribution in [2.45, 2.75) is 78.6 Å². The topological polar surface area (TPSA) is 6.48 Å². The Morgan fingerprint density at radius 2 is 0.571 bits per heavy atom. The first-order chi connectivity index (χ1) is 8.73. The fourth-order valence-corrected chi connectivity index (χ4v) is 47.0. The van der Waals surface area contributed by atoms with Crippen molar-refractivity contribution in [3.05, 3.63) is 0 Å². The Balaban J connectivity index is 6.21. The lowest BCUT2D eigenvalue weighted by molar-refractivity contribution is 0.840. The van der Waals surface area contributed by atoms with Gasteiger partial charge in [-0.05, 0) is 0 Å². The highest BCUT2D eigenvalue weighted by molar-refractivity contribution is 7.77. The molecule has 0 amide bonds. The molecule has 0 aromatic carbocycles. The lowest BCUT2D eigenvalue weighted by Gasteiger charge is -2.56. The second kappa shape index (κ2) is 6.26. The minimum absolute atomic E-state index is 1.24. The van der Waals surface area contributed by atoms with Gasteiger partial charge in [-0.2, -0.15) is 0 Å². The molecule has 0 bridgehead atoms. The van der Waals surface area contributed by atoms with Crippen molar-refractivity contribution < 1.29 is 0 Å². The summed E-state index contributed by atoms with van der Waals surface area (Å²) in [6, 6.07) is 0. The summed E-state index contributed by atoms with van der Waals surface area (Å²) < 4.78 is 6.23. The molecular formula is C14H42N2PSi4+. The molecule has 0 aliphatic carbocycles. The summed E-state index contributed by atoms with van der Waals surface area (Å²) in [7, 11) is -6.56. The molecule has 0 rings (SSSR count). The van der Waals surface area contributed by atoms with Gasteiger partial charge in [-0.25, -0.2) is 8.00 Å². The Morgan fingerprint density at radius 3 is 0.667 bits per heavy atom. The monoisotopic (exact) mass is 381 g/mol. The predicted octanol–water partition coefficient (Wildman–Crippen LogP) is 6.04. The van der Waals surface area contributed by atoms with Crippen LogP contribution in [0.5, 0.6) is 0 Å². The molecular weight excluding hydrogens is 339 g/mol. The zero-order valence-corrected chi connectivity index (χ0v) is 22.2. The van der Waals surface area contributed by atoms with Gasteiger partial charge in [0.25, 0.3) is 0 Å². The van der Waals surface area contributed by atoms with Gasteiger partial charge in [-0.1, -0.05) is 78.6 Å². The fourth-order valence-electron chi connectivity index (χ4n) is 5.04. The molecule has 0 spiro atoms. The van der Waals surface area contributed by atoms with Gasteiger partial charge in [0.15, 0.2) is 32.9 Å². The maximum atomic E-state index is 3.11. The third kappa shape index (κ3) is 5.66. The third-order valence-corrected chi connectivity index (χ3v) is 31.7. The standard InChI is InChI=1S/C14H42N2PSi4/c1-17(2,15(18(3,4)5)19(6,7)8)16(20(9,10)11)21(12,13)14/h1-14H3/q+1. The van der Waals surface area contributed by atoms with E-state index in [0.29, 0.717) is 0 Å². The Kier molecular flexibility index (Phi) is 6.62. The van der Waals surface area contributed by atoms with Crippen molar-refractivity contribution in [3.8, 4) is 0 Å². The average molecular weight is 382 g/mol. The van der Waals surface area contributed by atoms with Crippen LogP contribution in [0, 0.1) is 0 Å². The van der Waals surface area contributed by atoms with Gasteiger partial charge in [0.1, 0.15) is 7.56 Å². The first-order valence-electron chi connectivity index (χ1n) is 8.19. The molecule has 0 heterocycles. The zero-order valence-electron chi connectivity index (χ0n) is 17.3. The molecule has 21 heavy (non-hydrogen) atoms. The summed E-state index contributed by atoms with van der Waals surface area (Å²) in [6.45, 7) is 35.9. The first kappa shape index (κ1) is 22.2. The van der Waals surface area contributed by atoms with Crippen LogP contribution in [0.25, 0.3) is 0 Å². The maximum absolute atomic E-state index is 3.11. The molecule has 2 nitrogen and oxygen atoms in total. The van der Waals surface area contributed by atoms with Crippen LogP contribution in [0.1, 0.15) is 0 Å². The van der Waals surface area contributed by atoms with Gasteiger partial charge in [0.05, 0.1) is 13.3 Å². The van der Waals surface area contributed by atoms with E-state index in [2.05, 4.69) is 99.9 Å². The summed E-state index contributed by atoms with van der Waals surface area (Å²) in [4.78, 5) is 0. The van der Waals surface area contributed by atoms with E-state index in [1.807, 2.05) is 0 Å². The van der Waals surface area contributed by atoms with Gasteiger partial charge >= 0.3 is 0 Å². The Hall–Kier alpha value is 1.22. The van der Waals surface area contributed by atoms with Crippen molar-refractivity contribution in [2.24, 2.45) is 0 Å². The SMILES string of the molecule is C[Si](C)(C)N([Si](C)(C)C)[P+](C)(C)N([Si](C)(C)C)[Si](C)(C)C. The van der Waals surface area contributed by atoms with Crippen LogP contribution in [0.3, 0.4) is 0 Å². The van der Waals surface area contributed by atoms with Crippen LogP contribution in [0.15, 0.2) is 0 Å². The highest BCUT2D eigenvalue weighted by atomic mass is 31.2. The molecule has 0 fully saturated rings. The van der Waals surface area contributed by atoms with Crippen molar-refractivity contribution in [3.63, 3.8) is 0 Å². The second-order valence-electron chi connectivity index (χ2n) is 10.6. The molecule has 128 valence electrons. The van der Waals surface area contributed by atoms with Gasteiger partial charge in [-0.15, -0.1) is 0 Å². The molecule has 0 N–H and O–H groups in total. The van der Waals surface area contributed by atoms with Crippen LogP contribution in [-0.4, -0.2) is 54.3 Å². The highest BCUT2D eigenvalue weighted by Gasteiger charge is 2.58. The van der Waals surface area contributed by atoms with E-state index in [4.69, 9.17) is 0 Å². The van der Waals surface area contributed by atoms with E-state index in [1.54, 1.807) is 0 Å². The Bertz CT molecular complexity index is 297. The second-order valence-corrected chi connectivity index (χ2v) is 35.7. The van der Waals surface area contributed by atoms with E-state index >= 15 is 0 Å². The van der Waals surface area contributed by atoms with E-state index in [-0.39, 0.29) is 0 Å². The smallest absolute Gasteiger partial charge is 0.155 e. The molecule has 0 aliphatic rings. The van der Waals surface area contributed by atoms with E-state index in [1.165, 1.54) is 0 Å². The Labute approximate surface area is 140 Å². The summed E-state index contributed by atoms with van der Waals surface area (Å²) in [5, 5.41) is 0. The van der Waals surface area contributed by atoms with Gasteiger partial charge in [-0.3, -0.25) is 0 Å². The molecule has 0 atom stereocenters. The van der Waals surface area contributed by atoms with Gasteiger partial charge < -0.3 is 0 Å². The fraction of sp³-hybridized carbons (Fsp3) is 1.00. The molecule has 0 saturated heterocycles. The molecule has 0 saturated carbocycles. The summed E-state index contributed by atoms with van der Waals surface area (Å²) in [5.74, 6) is 0. The van der Waals surface area contributed by atoms with Gasteiger partial charge in [0, 0.05) is 0 Å². The van der Waals surface area contributed by atoms with Crippen molar-refractivity contribution in [1.29, 1.82) is 0 Å². The third-order valence-electron chi connectivity index (χ3n) is 3.52. The lowest BCUT2D eigenvalue weighted by atomic mass is 11.8. The molecule has 0 aromatic rings. The molecule has 7 heteroatoms. The summed E-state index contributed by atoms with van der Waals surface area (Å²) in [5.41, 5.74) is 0. The minimum atomic E-state index is -1.33. The Morgan fingerprint density at radius 1 is 0.429 bits per heavy atom. The number of hydrogen-bond donors (Lipinski definition) is 0. The minimum Gasteiger partial charge on any atom is -0.216 e. The normalized spacial score (nSPS) is 16.0. The van der Waals surface area contributed by atoms with E-state index in [9.17, 15) is 0 Å². The van der Waals surface area contributed by atoms with Gasteiger partial charge in [0.2, 0.25) is 0 Å². The molecule has 0 aromatic heterocycles. The number of hydrogen-bond acceptors (Lipinski definition) is 2. The molecule has 0 radical (unpaired) electrons.